The summed E-state index contributed by atoms with van der Waals surface area (Å²) in [5.41, 5.74) is 6.32. The molecule has 0 fully saturated rings. The molecule has 2 nitrogen and oxygen atoms in total. The van der Waals surface area contributed by atoms with Crippen LogP contribution in [-0.4, -0.2) is 13.3 Å². The molecule has 0 aliphatic rings. The predicted molar refractivity (Wildman–Crippen MR) is 151 cm³/mol. The van der Waals surface area contributed by atoms with Gasteiger partial charge in [-0.15, -0.1) is 0 Å². The van der Waals surface area contributed by atoms with Crippen LogP contribution in [0, 0.1) is 6.92 Å². The van der Waals surface area contributed by atoms with E-state index in [1.165, 1.54) is 33.1 Å². The van der Waals surface area contributed by atoms with Crippen LogP contribution >= 0.6 is 8.58 Å². The second kappa shape index (κ2) is 11.3. The van der Waals surface area contributed by atoms with E-state index in [4.69, 9.17) is 4.74 Å². The molecule has 0 spiro atoms. The molecule has 3 aromatic rings. The van der Waals surface area contributed by atoms with Gasteiger partial charge in [-0.05, 0) is 41.6 Å². The third-order valence-corrected chi connectivity index (χ3v) is 8.77. The molecule has 0 aliphatic carbocycles. The van der Waals surface area contributed by atoms with Crippen molar-refractivity contribution in [3.8, 4) is 5.75 Å². The first kappa shape index (κ1) is 26.2. The highest BCUT2D eigenvalue weighted by Crippen LogP contribution is 2.52. The molecule has 3 rings (SSSR count). The van der Waals surface area contributed by atoms with Crippen molar-refractivity contribution >= 4 is 20.1 Å². The lowest BCUT2D eigenvalue weighted by molar-refractivity contribution is 0.289. The molecule has 0 aromatic heterocycles. The highest BCUT2D eigenvalue weighted by atomic mass is 31.1. The summed E-state index contributed by atoms with van der Waals surface area (Å²) < 4.78 is 6.74. The number of aryl methyl sites for hydroxylation is 1. The van der Waals surface area contributed by atoms with Gasteiger partial charge in [-0.1, -0.05) is 115 Å². The molecule has 3 heteroatoms. The van der Waals surface area contributed by atoms with Crippen molar-refractivity contribution in [2.45, 2.75) is 71.6 Å². The van der Waals surface area contributed by atoms with E-state index in [0.29, 0.717) is 15.2 Å². The van der Waals surface area contributed by atoms with Crippen LogP contribution in [0.1, 0.15) is 75.3 Å². The number of hydrogen-bond acceptors (Lipinski definition) is 2. The van der Waals surface area contributed by atoms with Crippen molar-refractivity contribution in [2.24, 2.45) is 4.99 Å². The molecule has 0 saturated heterocycles. The van der Waals surface area contributed by atoms with E-state index >= 15 is 0 Å². The van der Waals surface area contributed by atoms with Gasteiger partial charge in [0.25, 0.3) is 0 Å². The van der Waals surface area contributed by atoms with Gasteiger partial charge in [-0.25, -0.2) is 0 Å². The zero-order valence-electron chi connectivity index (χ0n) is 21.9. The van der Waals surface area contributed by atoms with Gasteiger partial charge in [0.05, 0.1) is 0 Å². The molecular formula is C31H40NOP. The summed E-state index contributed by atoms with van der Waals surface area (Å²) in [4.78, 5) is 4.32. The molecule has 0 amide bonds. The Balaban J connectivity index is 2.18. The number of ether oxygens (including phenoxy) is 1. The van der Waals surface area contributed by atoms with Crippen LogP contribution in [0.5, 0.6) is 5.75 Å². The van der Waals surface area contributed by atoms with Gasteiger partial charge in [-0.2, -0.15) is 0 Å². The second-order valence-corrected chi connectivity index (χ2v) is 11.8. The minimum Gasteiger partial charge on any atom is -0.488 e. The molecule has 0 heterocycles. The Hall–Kier alpha value is -2.44. The minimum atomic E-state index is -0.0180. The summed E-state index contributed by atoms with van der Waals surface area (Å²) in [5.74, 6) is 1.07. The zero-order chi connectivity index (χ0) is 24.8. The highest BCUT2D eigenvalue weighted by Gasteiger charge is 2.35. The van der Waals surface area contributed by atoms with E-state index in [1.807, 2.05) is 13.3 Å². The summed E-state index contributed by atoms with van der Waals surface area (Å²) in [6, 6.07) is 23.9. The number of nitrogens with zero attached hydrogens (tertiary/aromatic N) is 1. The van der Waals surface area contributed by atoms with Crippen LogP contribution in [0.15, 0.2) is 71.7 Å². The molecule has 0 N–H and O–H groups in total. The first-order valence-corrected chi connectivity index (χ1v) is 13.4. The SMILES string of the molecule is CCC(CC)(Pc1ccccc1C=NC)c1cc(C)cc(C(C)(C)C)c1OCc1ccccc1. The fourth-order valence-corrected chi connectivity index (χ4v) is 6.23. The van der Waals surface area contributed by atoms with Gasteiger partial charge in [0, 0.05) is 29.5 Å². The molecule has 180 valence electrons. The van der Waals surface area contributed by atoms with E-state index in [0.717, 1.165) is 18.6 Å². The van der Waals surface area contributed by atoms with Crippen LogP contribution in [0.2, 0.25) is 0 Å². The van der Waals surface area contributed by atoms with Gasteiger partial charge in [0.2, 0.25) is 0 Å². The molecule has 0 bridgehead atoms. The van der Waals surface area contributed by atoms with Crippen LogP contribution in [0.4, 0.5) is 0 Å². The molecular weight excluding hydrogens is 433 g/mol. The average molecular weight is 474 g/mol. The van der Waals surface area contributed by atoms with Crippen molar-refractivity contribution in [1.82, 2.24) is 0 Å². The first-order chi connectivity index (χ1) is 16.2. The Kier molecular flexibility index (Phi) is 8.72. The molecule has 1 atom stereocenters. The Bertz CT molecular complexity index is 1110. The van der Waals surface area contributed by atoms with Crippen LogP contribution < -0.4 is 10.0 Å². The highest BCUT2D eigenvalue weighted by molar-refractivity contribution is 7.48. The zero-order valence-corrected chi connectivity index (χ0v) is 22.9. The van der Waals surface area contributed by atoms with Crippen molar-refractivity contribution in [3.63, 3.8) is 0 Å². The Morgan fingerprint density at radius 3 is 2.12 bits per heavy atom. The van der Waals surface area contributed by atoms with Gasteiger partial charge in [0.1, 0.15) is 12.4 Å². The van der Waals surface area contributed by atoms with Crippen molar-refractivity contribution in [2.75, 3.05) is 7.05 Å². The normalized spacial score (nSPS) is 12.7. The summed E-state index contributed by atoms with van der Waals surface area (Å²) in [6.45, 7) is 14.3. The standard InChI is InChI=1S/C31H40NOP/c1-8-31(9-2,34-28-18-14-13-17-25(28)21-32-7)27-20-23(3)19-26(30(4,5)6)29(27)33-22-24-15-11-10-12-16-24/h10-21,34H,8-9,22H2,1-7H3. The molecule has 0 radical (unpaired) electrons. The van der Waals surface area contributed by atoms with Crippen LogP contribution in [0.3, 0.4) is 0 Å². The van der Waals surface area contributed by atoms with Gasteiger partial charge < -0.3 is 4.74 Å². The molecule has 0 aliphatic heterocycles. The third kappa shape index (κ3) is 5.97. The molecule has 1 unspecified atom stereocenters. The van der Waals surface area contributed by atoms with E-state index in [-0.39, 0.29) is 10.6 Å². The van der Waals surface area contributed by atoms with Crippen LogP contribution in [-0.2, 0) is 17.2 Å². The maximum atomic E-state index is 6.74. The van der Waals surface area contributed by atoms with E-state index < -0.39 is 0 Å². The Morgan fingerprint density at radius 2 is 1.50 bits per heavy atom. The first-order valence-electron chi connectivity index (χ1n) is 12.4. The van der Waals surface area contributed by atoms with E-state index in [9.17, 15) is 0 Å². The fourth-order valence-electron chi connectivity index (χ4n) is 4.57. The fraction of sp³-hybridized carbons (Fsp3) is 0.387. The third-order valence-electron chi connectivity index (χ3n) is 6.59. The lowest BCUT2D eigenvalue weighted by atomic mass is 9.80. The maximum absolute atomic E-state index is 6.74. The number of benzene rings is 3. The second-order valence-electron chi connectivity index (χ2n) is 10.1. The lowest BCUT2D eigenvalue weighted by Crippen LogP contribution is -2.26. The van der Waals surface area contributed by atoms with Crippen molar-refractivity contribution in [1.29, 1.82) is 0 Å². The summed E-state index contributed by atoms with van der Waals surface area (Å²) >= 11 is 0. The molecule has 34 heavy (non-hydrogen) atoms. The van der Waals surface area contributed by atoms with Gasteiger partial charge in [-0.3, -0.25) is 4.99 Å². The maximum Gasteiger partial charge on any atom is 0.127 e. The number of aliphatic imine (C=N–C) groups is 1. The minimum absolute atomic E-state index is 0.00424. The quantitative estimate of drug-likeness (QED) is 0.228. The molecule has 3 aromatic carbocycles. The number of rotatable bonds is 9. The van der Waals surface area contributed by atoms with Crippen molar-refractivity contribution < 1.29 is 4.74 Å². The largest absolute Gasteiger partial charge is 0.488 e. The van der Waals surface area contributed by atoms with Crippen molar-refractivity contribution in [3.05, 3.63) is 94.5 Å². The van der Waals surface area contributed by atoms with Gasteiger partial charge >= 0.3 is 0 Å². The summed E-state index contributed by atoms with van der Waals surface area (Å²) in [5, 5.41) is 1.36. The van der Waals surface area contributed by atoms with E-state index in [2.05, 4.69) is 113 Å². The average Bonchev–Trinajstić information content (AvgIpc) is 2.82. The van der Waals surface area contributed by atoms with Gasteiger partial charge in [0.15, 0.2) is 0 Å². The topological polar surface area (TPSA) is 21.6 Å². The smallest absolute Gasteiger partial charge is 0.127 e. The molecule has 0 saturated carbocycles. The Labute approximate surface area is 208 Å². The summed E-state index contributed by atoms with van der Waals surface area (Å²) in [7, 11) is 2.47. The summed E-state index contributed by atoms with van der Waals surface area (Å²) in [6.07, 6.45) is 4.09. The predicted octanol–water partition coefficient (Wildman–Crippen LogP) is 7.94. The number of hydrogen-bond donors (Lipinski definition) is 0. The Morgan fingerprint density at radius 1 is 0.882 bits per heavy atom. The van der Waals surface area contributed by atoms with E-state index in [1.54, 1.807) is 0 Å². The lowest BCUT2D eigenvalue weighted by Gasteiger charge is -2.37. The monoisotopic (exact) mass is 473 g/mol. The van der Waals surface area contributed by atoms with Crippen LogP contribution in [0.25, 0.3) is 0 Å².